The van der Waals surface area contributed by atoms with Gasteiger partial charge in [-0.3, -0.25) is 9.59 Å². The third-order valence-corrected chi connectivity index (χ3v) is 4.67. The predicted molar refractivity (Wildman–Crippen MR) is 117 cm³/mol. The molecule has 0 unspecified atom stereocenters. The Kier molecular flexibility index (Phi) is 6.65. The molecule has 146 valence electrons. The first-order valence-electron chi connectivity index (χ1n) is 8.70. The van der Waals surface area contributed by atoms with Gasteiger partial charge in [-0.05, 0) is 61.0 Å². The second-order valence-electron chi connectivity index (χ2n) is 6.16. The van der Waals surface area contributed by atoms with Gasteiger partial charge in [0.05, 0.1) is 16.3 Å². The lowest BCUT2D eigenvalue weighted by Gasteiger charge is -2.08. The van der Waals surface area contributed by atoms with Crippen LogP contribution in [0.3, 0.4) is 0 Å². The zero-order chi connectivity index (χ0) is 20.8. The van der Waals surface area contributed by atoms with Gasteiger partial charge in [0, 0.05) is 16.3 Å². The van der Waals surface area contributed by atoms with Crippen molar-refractivity contribution in [3.8, 4) is 0 Å². The summed E-state index contributed by atoms with van der Waals surface area (Å²) in [6.45, 7) is 1.76. The van der Waals surface area contributed by atoms with Crippen LogP contribution in [0.2, 0.25) is 10.0 Å². The van der Waals surface area contributed by atoms with E-state index in [9.17, 15) is 9.59 Å². The van der Waals surface area contributed by atoms with E-state index in [0.29, 0.717) is 32.6 Å². The number of hydrazone groups is 1. The number of rotatable bonds is 5. The van der Waals surface area contributed by atoms with Crippen LogP contribution in [-0.2, 0) is 0 Å². The fraction of sp³-hybridized carbons (Fsp3) is 0.0455. The summed E-state index contributed by atoms with van der Waals surface area (Å²) in [5.74, 6) is -0.650. The van der Waals surface area contributed by atoms with E-state index in [1.807, 2.05) is 6.07 Å². The van der Waals surface area contributed by atoms with E-state index in [1.54, 1.807) is 73.7 Å². The highest BCUT2D eigenvalue weighted by molar-refractivity contribution is 6.33. The van der Waals surface area contributed by atoms with Crippen molar-refractivity contribution < 1.29 is 9.59 Å². The Bertz CT molecular complexity index is 1080. The second kappa shape index (κ2) is 9.37. The summed E-state index contributed by atoms with van der Waals surface area (Å²) in [6, 6.07) is 20.5. The smallest absolute Gasteiger partial charge is 0.272 e. The van der Waals surface area contributed by atoms with Gasteiger partial charge in [0.25, 0.3) is 11.8 Å². The molecule has 29 heavy (non-hydrogen) atoms. The molecule has 0 aliphatic rings. The molecular weight excluding hydrogens is 409 g/mol. The van der Waals surface area contributed by atoms with Gasteiger partial charge in [0.1, 0.15) is 0 Å². The van der Waals surface area contributed by atoms with Crippen molar-refractivity contribution in [2.45, 2.75) is 6.92 Å². The lowest BCUT2D eigenvalue weighted by Crippen LogP contribution is -2.19. The monoisotopic (exact) mass is 425 g/mol. The SMILES string of the molecule is C/C(=N/NC(=O)c1ccccc1Cl)c1cccc(NC(=O)c2ccc(Cl)cc2)c1. The van der Waals surface area contributed by atoms with Crippen LogP contribution in [0, 0.1) is 0 Å². The summed E-state index contributed by atoms with van der Waals surface area (Å²) >= 11 is 11.9. The molecule has 0 saturated carbocycles. The van der Waals surface area contributed by atoms with Crippen LogP contribution in [0.1, 0.15) is 33.2 Å². The summed E-state index contributed by atoms with van der Waals surface area (Å²) in [5.41, 5.74) is 5.27. The third-order valence-electron chi connectivity index (χ3n) is 4.09. The van der Waals surface area contributed by atoms with Crippen molar-refractivity contribution in [3.05, 3.63) is 99.5 Å². The highest BCUT2D eigenvalue weighted by Gasteiger charge is 2.10. The Morgan fingerprint density at radius 3 is 2.28 bits per heavy atom. The largest absolute Gasteiger partial charge is 0.322 e. The molecule has 7 heteroatoms. The van der Waals surface area contributed by atoms with E-state index in [-0.39, 0.29) is 5.91 Å². The minimum atomic E-state index is -0.401. The van der Waals surface area contributed by atoms with Crippen LogP contribution in [0.25, 0.3) is 0 Å². The molecule has 0 bridgehead atoms. The van der Waals surface area contributed by atoms with Crippen molar-refractivity contribution in [1.82, 2.24) is 5.43 Å². The van der Waals surface area contributed by atoms with Gasteiger partial charge in [-0.1, -0.05) is 47.5 Å². The number of benzene rings is 3. The van der Waals surface area contributed by atoms with E-state index < -0.39 is 5.91 Å². The molecule has 0 fully saturated rings. The van der Waals surface area contributed by atoms with E-state index in [2.05, 4.69) is 15.8 Å². The molecule has 0 aliphatic carbocycles. The van der Waals surface area contributed by atoms with Crippen LogP contribution in [-0.4, -0.2) is 17.5 Å². The van der Waals surface area contributed by atoms with Crippen LogP contribution in [0.15, 0.2) is 77.9 Å². The summed E-state index contributed by atoms with van der Waals surface area (Å²) in [7, 11) is 0. The molecule has 3 aromatic carbocycles. The van der Waals surface area contributed by atoms with Crippen LogP contribution < -0.4 is 10.7 Å². The molecule has 3 aromatic rings. The maximum atomic E-state index is 12.4. The second-order valence-corrected chi connectivity index (χ2v) is 7.00. The first-order valence-corrected chi connectivity index (χ1v) is 9.46. The molecule has 0 aliphatic heterocycles. The zero-order valence-electron chi connectivity index (χ0n) is 15.4. The minimum Gasteiger partial charge on any atom is -0.322 e. The number of amides is 2. The fourth-order valence-corrected chi connectivity index (χ4v) is 2.88. The number of nitrogens with zero attached hydrogens (tertiary/aromatic N) is 1. The lowest BCUT2D eigenvalue weighted by atomic mass is 10.1. The Morgan fingerprint density at radius 2 is 1.55 bits per heavy atom. The van der Waals surface area contributed by atoms with Gasteiger partial charge in [-0.15, -0.1) is 0 Å². The van der Waals surface area contributed by atoms with E-state index in [4.69, 9.17) is 23.2 Å². The van der Waals surface area contributed by atoms with Crippen LogP contribution in [0.5, 0.6) is 0 Å². The Morgan fingerprint density at radius 1 is 0.828 bits per heavy atom. The average molecular weight is 426 g/mol. The maximum absolute atomic E-state index is 12.4. The number of carbonyl (C=O) groups excluding carboxylic acids is 2. The highest BCUT2D eigenvalue weighted by Crippen LogP contribution is 2.16. The van der Waals surface area contributed by atoms with Crippen LogP contribution in [0.4, 0.5) is 5.69 Å². The van der Waals surface area contributed by atoms with Crippen LogP contribution >= 0.6 is 23.2 Å². The minimum absolute atomic E-state index is 0.250. The van der Waals surface area contributed by atoms with Crippen molar-refractivity contribution in [3.63, 3.8) is 0 Å². The molecule has 0 saturated heterocycles. The molecule has 0 spiro atoms. The van der Waals surface area contributed by atoms with Gasteiger partial charge >= 0.3 is 0 Å². The quantitative estimate of drug-likeness (QED) is 0.424. The number of carbonyl (C=O) groups is 2. The molecule has 2 N–H and O–H groups in total. The summed E-state index contributed by atoms with van der Waals surface area (Å²) in [4.78, 5) is 24.6. The summed E-state index contributed by atoms with van der Waals surface area (Å²) in [6.07, 6.45) is 0. The molecular formula is C22H17Cl2N3O2. The van der Waals surface area contributed by atoms with E-state index in [1.165, 1.54) is 0 Å². The van der Waals surface area contributed by atoms with Gasteiger partial charge in [0.15, 0.2) is 0 Å². The number of anilines is 1. The normalized spacial score (nSPS) is 11.1. The van der Waals surface area contributed by atoms with E-state index in [0.717, 1.165) is 5.56 Å². The van der Waals surface area contributed by atoms with Crippen molar-refractivity contribution in [2.24, 2.45) is 5.10 Å². The van der Waals surface area contributed by atoms with E-state index >= 15 is 0 Å². The molecule has 5 nitrogen and oxygen atoms in total. The van der Waals surface area contributed by atoms with Crippen molar-refractivity contribution in [2.75, 3.05) is 5.32 Å². The van der Waals surface area contributed by atoms with Gasteiger partial charge < -0.3 is 5.32 Å². The fourth-order valence-electron chi connectivity index (χ4n) is 2.53. The Hall–Kier alpha value is -3.15. The Labute approximate surface area is 178 Å². The van der Waals surface area contributed by atoms with Crippen molar-refractivity contribution >= 4 is 46.4 Å². The van der Waals surface area contributed by atoms with Crippen molar-refractivity contribution in [1.29, 1.82) is 0 Å². The number of nitrogens with one attached hydrogen (secondary N) is 2. The molecule has 0 heterocycles. The molecule has 0 radical (unpaired) electrons. The standard InChI is InChI=1S/C22H17Cl2N3O2/c1-14(26-27-22(29)19-7-2-3-8-20(19)24)16-5-4-6-18(13-16)25-21(28)15-9-11-17(23)12-10-15/h2-13H,1H3,(H,25,28)(H,27,29)/b26-14-. The van der Waals surface area contributed by atoms with Gasteiger partial charge in [-0.25, -0.2) is 5.43 Å². The number of hydrogen-bond donors (Lipinski definition) is 2. The summed E-state index contributed by atoms with van der Waals surface area (Å²) in [5, 5.41) is 7.88. The Balaban J connectivity index is 1.70. The maximum Gasteiger partial charge on any atom is 0.272 e. The molecule has 3 rings (SSSR count). The molecule has 2 amide bonds. The molecule has 0 aromatic heterocycles. The third kappa shape index (κ3) is 5.44. The number of halogens is 2. The molecule has 0 atom stereocenters. The first kappa shape index (κ1) is 20.6. The lowest BCUT2D eigenvalue weighted by molar-refractivity contribution is 0.0954. The highest BCUT2D eigenvalue weighted by atomic mass is 35.5. The predicted octanol–water partition coefficient (Wildman–Crippen LogP) is 5.40. The number of hydrogen-bond acceptors (Lipinski definition) is 3. The topological polar surface area (TPSA) is 70.6 Å². The zero-order valence-corrected chi connectivity index (χ0v) is 17.0. The first-order chi connectivity index (χ1) is 13.9. The van der Waals surface area contributed by atoms with Gasteiger partial charge in [-0.2, -0.15) is 5.10 Å². The average Bonchev–Trinajstić information content (AvgIpc) is 2.72. The summed E-state index contributed by atoms with van der Waals surface area (Å²) < 4.78 is 0. The van der Waals surface area contributed by atoms with Gasteiger partial charge in [0.2, 0.25) is 0 Å².